The highest BCUT2D eigenvalue weighted by molar-refractivity contribution is 5.54. The molecule has 0 amide bonds. The van der Waals surface area contributed by atoms with E-state index in [1.807, 2.05) is 24.3 Å². The lowest BCUT2D eigenvalue weighted by atomic mass is 10.1. The summed E-state index contributed by atoms with van der Waals surface area (Å²) in [5, 5.41) is 0. The number of benzene rings is 2. The van der Waals surface area contributed by atoms with Gasteiger partial charge in [-0.1, -0.05) is 76.8 Å². The Bertz CT molecular complexity index is 680. The van der Waals surface area contributed by atoms with Gasteiger partial charge in [0, 0.05) is 11.4 Å². The molecule has 2 aromatic rings. The Kier molecular flexibility index (Phi) is 11.8. The summed E-state index contributed by atoms with van der Waals surface area (Å²) < 4.78 is 11.6. The second kappa shape index (κ2) is 14.7. The van der Waals surface area contributed by atoms with Crippen LogP contribution in [0.15, 0.2) is 42.5 Å². The van der Waals surface area contributed by atoms with Crippen molar-refractivity contribution in [3.63, 3.8) is 0 Å². The van der Waals surface area contributed by atoms with Crippen LogP contribution in [0, 0.1) is 0 Å². The Morgan fingerprint density at radius 1 is 0.633 bits per heavy atom. The van der Waals surface area contributed by atoms with E-state index in [1.54, 1.807) is 6.07 Å². The first kappa shape index (κ1) is 24.1. The number of anilines is 2. The fourth-order valence-electron chi connectivity index (χ4n) is 3.58. The Labute approximate surface area is 183 Å². The second-order valence-electron chi connectivity index (χ2n) is 8.18. The minimum Gasteiger partial charge on any atom is -0.494 e. The molecule has 4 nitrogen and oxygen atoms in total. The molecule has 0 atom stereocenters. The monoisotopic (exact) mass is 412 g/mol. The maximum Gasteiger partial charge on any atom is 0.119 e. The lowest BCUT2D eigenvalue weighted by Gasteiger charge is -2.09. The molecule has 0 aliphatic rings. The van der Waals surface area contributed by atoms with Crippen LogP contribution in [0.2, 0.25) is 0 Å². The van der Waals surface area contributed by atoms with E-state index >= 15 is 0 Å². The van der Waals surface area contributed by atoms with Gasteiger partial charge in [-0.3, -0.25) is 0 Å². The van der Waals surface area contributed by atoms with Crippen LogP contribution < -0.4 is 16.2 Å². The van der Waals surface area contributed by atoms with Gasteiger partial charge >= 0.3 is 0 Å². The molecule has 0 saturated heterocycles. The number of nitrogen functional groups attached to an aromatic ring is 2. The van der Waals surface area contributed by atoms with Gasteiger partial charge in [0.15, 0.2) is 0 Å². The Morgan fingerprint density at radius 3 is 1.77 bits per heavy atom. The van der Waals surface area contributed by atoms with Crippen molar-refractivity contribution in [3.8, 4) is 5.75 Å². The Morgan fingerprint density at radius 2 is 1.17 bits per heavy atom. The standard InChI is InChI=1S/C26H40N2O2/c1-2-3-4-5-6-7-8-9-10-11-16-30-26-14-12-22(13-15-26)20-29-21-23-17-24(27)19-25(28)18-23/h12-15,17-19H,2-11,16,20-21,27-28H2,1H3. The van der Waals surface area contributed by atoms with E-state index in [9.17, 15) is 0 Å². The largest absolute Gasteiger partial charge is 0.494 e. The van der Waals surface area contributed by atoms with Gasteiger partial charge in [0.05, 0.1) is 19.8 Å². The summed E-state index contributed by atoms with van der Waals surface area (Å²) in [5.74, 6) is 0.929. The highest BCUT2D eigenvalue weighted by Crippen LogP contribution is 2.17. The molecule has 4 heteroatoms. The van der Waals surface area contributed by atoms with Crippen LogP contribution in [0.25, 0.3) is 0 Å². The first-order valence-corrected chi connectivity index (χ1v) is 11.6. The van der Waals surface area contributed by atoms with Crippen molar-refractivity contribution >= 4 is 11.4 Å². The van der Waals surface area contributed by atoms with Crippen LogP contribution in [-0.2, 0) is 18.0 Å². The first-order valence-electron chi connectivity index (χ1n) is 11.6. The zero-order valence-corrected chi connectivity index (χ0v) is 18.7. The third-order valence-corrected chi connectivity index (χ3v) is 5.26. The van der Waals surface area contributed by atoms with Crippen molar-refractivity contribution in [2.75, 3.05) is 18.1 Å². The van der Waals surface area contributed by atoms with Crippen molar-refractivity contribution in [3.05, 3.63) is 53.6 Å². The number of rotatable bonds is 16. The lowest BCUT2D eigenvalue weighted by molar-refractivity contribution is 0.107. The summed E-state index contributed by atoms with van der Waals surface area (Å²) in [6.45, 7) is 4.11. The summed E-state index contributed by atoms with van der Waals surface area (Å²) in [5.41, 5.74) is 15.1. The number of unbranched alkanes of at least 4 members (excludes halogenated alkanes) is 9. The van der Waals surface area contributed by atoms with Crippen LogP contribution in [0.5, 0.6) is 5.75 Å². The van der Waals surface area contributed by atoms with Crippen molar-refractivity contribution in [1.29, 1.82) is 0 Å². The summed E-state index contributed by atoms with van der Waals surface area (Å²) in [6, 6.07) is 13.7. The molecule has 0 aliphatic heterocycles. The SMILES string of the molecule is CCCCCCCCCCCCOc1ccc(COCc2cc(N)cc(N)c2)cc1. The van der Waals surface area contributed by atoms with E-state index < -0.39 is 0 Å². The molecule has 0 spiro atoms. The third kappa shape index (κ3) is 10.5. The summed E-state index contributed by atoms with van der Waals surface area (Å²) >= 11 is 0. The van der Waals surface area contributed by atoms with Crippen LogP contribution >= 0.6 is 0 Å². The van der Waals surface area contributed by atoms with Crippen molar-refractivity contribution < 1.29 is 9.47 Å². The average Bonchev–Trinajstić information content (AvgIpc) is 2.72. The van der Waals surface area contributed by atoms with Crippen LogP contribution in [0.1, 0.15) is 82.3 Å². The molecule has 0 unspecified atom stereocenters. The van der Waals surface area contributed by atoms with Gasteiger partial charge in [0.25, 0.3) is 0 Å². The van der Waals surface area contributed by atoms with Crippen molar-refractivity contribution in [2.45, 2.75) is 84.3 Å². The summed E-state index contributed by atoms with van der Waals surface area (Å²) in [6.07, 6.45) is 13.4. The predicted octanol–water partition coefficient (Wildman–Crippen LogP) is 6.87. The molecular formula is C26H40N2O2. The minimum absolute atomic E-state index is 0.492. The van der Waals surface area contributed by atoms with Gasteiger partial charge in [-0.15, -0.1) is 0 Å². The van der Waals surface area contributed by atoms with Crippen LogP contribution in [0.4, 0.5) is 11.4 Å². The molecule has 0 bridgehead atoms. The molecule has 0 aromatic heterocycles. The zero-order chi connectivity index (χ0) is 21.4. The zero-order valence-electron chi connectivity index (χ0n) is 18.7. The van der Waals surface area contributed by atoms with E-state index in [2.05, 4.69) is 19.1 Å². The lowest BCUT2D eigenvalue weighted by Crippen LogP contribution is -1.99. The molecule has 0 aliphatic carbocycles. The third-order valence-electron chi connectivity index (χ3n) is 5.26. The molecule has 0 saturated carbocycles. The van der Waals surface area contributed by atoms with Crippen molar-refractivity contribution in [2.24, 2.45) is 0 Å². The van der Waals surface area contributed by atoms with E-state index in [0.717, 1.165) is 29.9 Å². The van der Waals surface area contributed by atoms with Gasteiger partial charge in [0.2, 0.25) is 0 Å². The summed E-state index contributed by atoms with van der Waals surface area (Å²) in [7, 11) is 0. The molecule has 4 N–H and O–H groups in total. The maximum absolute atomic E-state index is 5.86. The minimum atomic E-state index is 0.492. The fourth-order valence-corrected chi connectivity index (χ4v) is 3.58. The van der Waals surface area contributed by atoms with Gasteiger partial charge in [-0.05, 0) is 47.9 Å². The molecule has 0 heterocycles. The van der Waals surface area contributed by atoms with Gasteiger partial charge < -0.3 is 20.9 Å². The molecule has 0 radical (unpaired) electrons. The number of hydrogen-bond donors (Lipinski definition) is 2. The first-order chi connectivity index (χ1) is 14.7. The van der Waals surface area contributed by atoms with Gasteiger partial charge in [-0.2, -0.15) is 0 Å². The predicted molar refractivity (Wildman–Crippen MR) is 128 cm³/mol. The molecule has 0 fully saturated rings. The Hall–Kier alpha value is -2.20. The van der Waals surface area contributed by atoms with Gasteiger partial charge in [0.1, 0.15) is 5.75 Å². The highest BCUT2D eigenvalue weighted by Gasteiger charge is 2.00. The van der Waals surface area contributed by atoms with E-state index in [0.29, 0.717) is 24.6 Å². The summed E-state index contributed by atoms with van der Waals surface area (Å²) in [4.78, 5) is 0. The average molecular weight is 413 g/mol. The molecular weight excluding hydrogens is 372 g/mol. The maximum atomic E-state index is 5.86. The number of nitrogens with two attached hydrogens (primary N) is 2. The van der Waals surface area contributed by atoms with Crippen LogP contribution in [0.3, 0.4) is 0 Å². The van der Waals surface area contributed by atoms with E-state index in [1.165, 1.54) is 57.8 Å². The van der Waals surface area contributed by atoms with Crippen LogP contribution in [-0.4, -0.2) is 6.61 Å². The fraction of sp³-hybridized carbons (Fsp3) is 0.538. The molecule has 2 rings (SSSR count). The molecule has 30 heavy (non-hydrogen) atoms. The topological polar surface area (TPSA) is 70.5 Å². The second-order valence-corrected chi connectivity index (χ2v) is 8.18. The van der Waals surface area contributed by atoms with E-state index in [-0.39, 0.29) is 0 Å². The van der Waals surface area contributed by atoms with E-state index in [4.69, 9.17) is 20.9 Å². The quantitative estimate of drug-likeness (QED) is 0.233. The smallest absolute Gasteiger partial charge is 0.119 e. The van der Waals surface area contributed by atoms with Crippen molar-refractivity contribution in [1.82, 2.24) is 0 Å². The normalized spacial score (nSPS) is 11.0. The number of hydrogen-bond acceptors (Lipinski definition) is 4. The molecule has 166 valence electrons. The Balaban J connectivity index is 1.51. The highest BCUT2D eigenvalue weighted by atomic mass is 16.5. The number of ether oxygens (including phenoxy) is 2. The van der Waals surface area contributed by atoms with Gasteiger partial charge in [-0.25, -0.2) is 0 Å². The molecule has 2 aromatic carbocycles.